The molecular formula is C11H21NO2. The zero-order valence-corrected chi connectivity index (χ0v) is 9.67. The molecule has 1 rings (SSSR count). The number of amides is 1. The standard InChI is InChI=1S/C11H21NO2/c1-11(2,3)7-10(13)12-6-5-9(8-12)14-4/h9H,5-8H2,1-4H3. The first-order valence-electron chi connectivity index (χ1n) is 5.23. The van der Waals surface area contributed by atoms with Crippen molar-refractivity contribution in [2.45, 2.75) is 39.7 Å². The number of likely N-dealkylation sites (tertiary alicyclic amines) is 1. The van der Waals surface area contributed by atoms with Gasteiger partial charge in [0.1, 0.15) is 0 Å². The molecule has 0 aliphatic carbocycles. The topological polar surface area (TPSA) is 29.5 Å². The molecule has 1 fully saturated rings. The molecular weight excluding hydrogens is 178 g/mol. The lowest BCUT2D eigenvalue weighted by Gasteiger charge is -2.22. The van der Waals surface area contributed by atoms with E-state index in [1.54, 1.807) is 7.11 Å². The first kappa shape index (κ1) is 11.5. The Labute approximate surface area is 86.4 Å². The second-order valence-electron chi connectivity index (χ2n) is 5.22. The van der Waals surface area contributed by atoms with E-state index in [-0.39, 0.29) is 17.4 Å². The summed E-state index contributed by atoms with van der Waals surface area (Å²) in [5.41, 5.74) is 0.0856. The molecule has 3 heteroatoms. The average Bonchev–Trinajstić information content (AvgIpc) is 2.48. The fraction of sp³-hybridized carbons (Fsp3) is 0.909. The van der Waals surface area contributed by atoms with E-state index in [2.05, 4.69) is 20.8 Å². The predicted octanol–water partition coefficient (Wildman–Crippen LogP) is 1.67. The molecule has 1 unspecified atom stereocenters. The molecule has 1 atom stereocenters. The van der Waals surface area contributed by atoms with Gasteiger partial charge in [-0.3, -0.25) is 4.79 Å². The van der Waals surface area contributed by atoms with Crippen LogP contribution >= 0.6 is 0 Å². The van der Waals surface area contributed by atoms with E-state index < -0.39 is 0 Å². The first-order valence-corrected chi connectivity index (χ1v) is 5.23. The van der Waals surface area contributed by atoms with E-state index in [1.165, 1.54) is 0 Å². The van der Waals surface area contributed by atoms with Crippen molar-refractivity contribution >= 4 is 5.91 Å². The van der Waals surface area contributed by atoms with E-state index in [0.29, 0.717) is 6.42 Å². The summed E-state index contributed by atoms with van der Waals surface area (Å²) in [4.78, 5) is 13.7. The van der Waals surface area contributed by atoms with Crippen molar-refractivity contribution in [2.24, 2.45) is 5.41 Å². The molecule has 1 amide bonds. The maximum atomic E-state index is 11.8. The Morgan fingerprint density at radius 2 is 2.14 bits per heavy atom. The highest BCUT2D eigenvalue weighted by molar-refractivity contribution is 5.77. The molecule has 1 heterocycles. The molecule has 0 aromatic rings. The Morgan fingerprint density at radius 3 is 2.57 bits per heavy atom. The van der Waals surface area contributed by atoms with Crippen LogP contribution in [0, 0.1) is 5.41 Å². The van der Waals surface area contributed by atoms with Crippen LogP contribution in [0.4, 0.5) is 0 Å². The van der Waals surface area contributed by atoms with Crippen molar-refractivity contribution in [1.29, 1.82) is 0 Å². The second kappa shape index (κ2) is 4.30. The summed E-state index contributed by atoms with van der Waals surface area (Å²) >= 11 is 0. The van der Waals surface area contributed by atoms with E-state index in [4.69, 9.17) is 4.74 Å². The molecule has 0 aromatic heterocycles. The molecule has 1 aliphatic rings. The van der Waals surface area contributed by atoms with Crippen LogP contribution in [0.25, 0.3) is 0 Å². The van der Waals surface area contributed by atoms with Gasteiger partial charge < -0.3 is 9.64 Å². The summed E-state index contributed by atoms with van der Waals surface area (Å²) in [5, 5.41) is 0. The van der Waals surface area contributed by atoms with Crippen LogP contribution in [-0.4, -0.2) is 37.1 Å². The molecule has 1 aliphatic heterocycles. The molecule has 0 radical (unpaired) electrons. The van der Waals surface area contributed by atoms with E-state index >= 15 is 0 Å². The second-order valence-corrected chi connectivity index (χ2v) is 5.22. The van der Waals surface area contributed by atoms with Crippen LogP contribution in [0.3, 0.4) is 0 Å². The van der Waals surface area contributed by atoms with Crippen LogP contribution < -0.4 is 0 Å². The minimum Gasteiger partial charge on any atom is -0.380 e. The van der Waals surface area contributed by atoms with E-state index in [9.17, 15) is 4.79 Å². The summed E-state index contributed by atoms with van der Waals surface area (Å²) in [5.74, 6) is 0.261. The van der Waals surface area contributed by atoms with Crippen LogP contribution in [0.15, 0.2) is 0 Å². The number of carbonyl (C=O) groups excluding carboxylic acids is 1. The molecule has 0 spiro atoms. The van der Waals surface area contributed by atoms with E-state index in [1.807, 2.05) is 4.90 Å². The number of ether oxygens (including phenoxy) is 1. The Balaban J connectivity index is 2.40. The number of rotatable bonds is 2. The molecule has 1 saturated heterocycles. The van der Waals surface area contributed by atoms with Gasteiger partial charge in [0.25, 0.3) is 0 Å². The third kappa shape index (κ3) is 3.29. The molecule has 0 aromatic carbocycles. The smallest absolute Gasteiger partial charge is 0.223 e. The van der Waals surface area contributed by atoms with Gasteiger partial charge in [-0.2, -0.15) is 0 Å². The zero-order valence-electron chi connectivity index (χ0n) is 9.67. The minimum absolute atomic E-state index is 0.0856. The van der Waals surface area contributed by atoms with Gasteiger partial charge in [0, 0.05) is 26.6 Å². The van der Waals surface area contributed by atoms with Crippen molar-refractivity contribution in [2.75, 3.05) is 20.2 Å². The number of methoxy groups -OCH3 is 1. The average molecular weight is 199 g/mol. The quantitative estimate of drug-likeness (QED) is 0.677. The minimum atomic E-state index is 0.0856. The van der Waals surface area contributed by atoms with Crippen molar-refractivity contribution in [3.05, 3.63) is 0 Å². The predicted molar refractivity (Wildman–Crippen MR) is 56.1 cm³/mol. The summed E-state index contributed by atoms with van der Waals surface area (Å²) in [6.07, 6.45) is 1.86. The Hall–Kier alpha value is -0.570. The molecule has 0 N–H and O–H groups in total. The number of nitrogens with zero attached hydrogens (tertiary/aromatic N) is 1. The fourth-order valence-corrected chi connectivity index (χ4v) is 1.71. The van der Waals surface area contributed by atoms with Crippen LogP contribution in [0.2, 0.25) is 0 Å². The van der Waals surface area contributed by atoms with Gasteiger partial charge in [0.05, 0.1) is 6.10 Å². The summed E-state index contributed by atoms with van der Waals surface area (Å²) in [6.45, 7) is 7.90. The number of hydrogen-bond donors (Lipinski definition) is 0. The molecule has 0 bridgehead atoms. The largest absolute Gasteiger partial charge is 0.380 e. The normalized spacial score (nSPS) is 22.9. The highest BCUT2D eigenvalue weighted by Gasteiger charge is 2.28. The maximum absolute atomic E-state index is 11.8. The maximum Gasteiger partial charge on any atom is 0.223 e. The van der Waals surface area contributed by atoms with Gasteiger partial charge in [0.15, 0.2) is 0 Å². The molecule has 3 nitrogen and oxygen atoms in total. The lowest BCUT2D eigenvalue weighted by atomic mass is 9.92. The van der Waals surface area contributed by atoms with Gasteiger partial charge in [0.2, 0.25) is 5.91 Å². The third-order valence-corrected chi connectivity index (χ3v) is 2.51. The molecule has 14 heavy (non-hydrogen) atoms. The van der Waals surface area contributed by atoms with Crippen LogP contribution in [0.1, 0.15) is 33.6 Å². The van der Waals surface area contributed by atoms with Gasteiger partial charge in [-0.25, -0.2) is 0 Å². The number of carbonyl (C=O) groups is 1. The summed E-state index contributed by atoms with van der Waals surface area (Å²) in [7, 11) is 1.71. The lowest BCUT2D eigenvalue weighted by molar-refractivity contribution is -0.132. The summed E-state index contributed by atoms with van der Waals surface area (Å²) < 4.78 is 5.23. The van der Waals surface area contributed by atoms with E-state index in [0.717, 1.165) is 19.5 Å². The van der Waals surface area contributed by atoms with Crippen LogP contribution in [-0.2, 0) is 9.53 Å². The zero-order chi connectivity index (χ0) is 10.8. The molecule has 0 saturated carbocycles. The van der Waals surface area contributed by atoms with Crippen molar-refractivity contribution < 1.29 is 9.53 Å². The Kier molecular flexibility index (Phi) is 3.53. The lowest BCUT2D eigenvalue weighted by Crippen LogP contribution is -2.32. The SMILES string of the molecule is COC1CCN(C(=O)CC(C)(C)C)C1. The van der Waals surface area contributed by atoms with Crippen molar-refractivity contribution in [3.8, 4) is 0 Å². The fourth-order valence-electron chi connectivity index (χ4n) is 1.71. The molecule has 82 valence electrons. The van der Waals surface area contributed by atoms with Crippen molar-refractivity contribution in [1.82, 2.24) is 4.90 Å². The van der Waals surface area contributed by atoms with Gasteiger partial charge in [-0.1, -0.05) is 20.8 Å². The highest BCUT2D eigenvalue weighted by Crippen LogP contribution is 2.22. The Bertz CT molecular complexity index is 208. The highest BCUT2D eigenvalue weighted by atomic mass is 16.5. The monoisotopic (exact) mass is 199 g/mol. The first-order chi connectivity index (χ1) is 6.42. The van der Waals surface area contributed by atoms with Gasteiger partial charge >= 0.3 is 0 Å². The summed E-state index contributed by atoms with van der Waals surface area (Å²) in [6, 6.07) is 0. The van der Waals surface area contributed by atoms with Crippen LogP contribution in [0.5, 0.6) is 0 Å². The third-order valence-electron chi connectivity index (χ3n) is 2.51. The van der Waals surface area contributed by atoms with Gasteiger partial charge in [-0.15, -0.1) is 0 Å². The number of hydrogen-bond acceptors (Lipinski definition) is 2. The Morgan fingerprint density at radius 1 is 1.50 bits per heavy atom. The van der Waals surface area contributed by atoms with Crippen molar-refractivity contribution in [3.63, 3.8) is 0 Å². The van der Waals surface area contributed by atoms with Gasteiger partial charge in [-0.05, 0) is 11.8 Å².